The normalized spacial score (nSPS) is 12.5. The third-order valence-corrected chi connectivity index (χ3v) is 3.84. The molecule has 2 aromatic carbocycles. The average Bonchev–Trinajstić information content (AvgIpc) is 2.61. The first-order valence-corrected chi connectivity index (χ1v) is 7.97. The van der Waals surface area contributed by atoms with Gasteiger partial charge in [0.25, 0.3) is 5.91 Å². The Labute approximate surface area is 159 Å². The molecule has 0 aliphatic heterocycles. The van der Waals surface area contributed by atoms with Crippen LogP contribution in [0, 0.1) is 6.92 Å². The lowest BCUT2D eigenvalue weighted by molar-refractivity contribution is -0.124. The molecule has 0 spiro atoms. The average molecular weight is 378 g/mol. The molecule has 0 saturated carbocycles. The van der Waals surface area contributed by atoms with Crippen molar-refractivity contribution in [3.05, 3.63) is 59.7 Å². The molecule has 0 aromatic heterocycles. The molecule has 2 unspecified atom stereocenters. The van der Waals surface area contributed by atoms with Gasteiger partial charge < -0.3 is 21.1 Å². The van der Waals surface area contributed by atoms with Crippen molar-refractivity contribution < 1.29 is 14.3 Å². The number of methoxy groups -OCH3 is 1. The van der Waals surface area contributed by atoms with Crippen LogP contribution < -0.4 is 16.4 Å². The fraction of sp³-hybridized carbons (Fsp3) is 0.263. The molecule has 6 nitrogen and oxygen atoms in total. The van der Waals surface area contributed by atoms with Gasteiger partial charge in [-0.15, -0.1) is 12.4 Å². The minimum Gasteiger partial charge on any atom is -0.372 e. The summed E-state index contributed by atoms with van der Waals surface area (Å²) in [5.74, 6) is -0.583. The molecule has 0 fully saturated rings. The van der Waals surface area contributed by atoms with Crippen molar-refractivity contribution in [2.24, 2.45) is 5.73 Å². The molecule has 2 rings (SSSR count). The van der Waals surface area contributed by atoms with E-state index in [0.29, 0.717) is 11.4 Å². The van der Waals surface area contributed by atoms with Gasteiger partial charge in [0.1, 0.15) is 12.1 Å². The molecule has 0 heterocycles. The van der Waals surface area contributed by atoms with E-state index in [1.54, 1.807) is 31.2 Å². The number of rotatable bonds is 6. The van der Waals surface area contributed by atoms with E-state index in [2.05, 4.69) is 10.6 Å². The maximum Gasteiger partial charge on any atom is 0.253 e. The van der Waals surface area contributed by atoms with Gasteiger partial charge in [0.05, 0.1) is 0 Å². The first kappa shape index (κ1) is 21.6. The van der Waals surface area contributed by atoms with E-state index in [4.69, 9.17) is 10.5 Å². The summed E-state index contributed by atoms with van der Waals surface area (Å²) >= 11 is 0. The van der Waals surface area contributed by atoms with Crippen LogP contribution in [0.5, 0.6) is 0 Å². The smallest absolute Gasteiger partial charge is 0.253 e. The summed E-state index contributed by atoms with van der Waals surface area (Å²) in [5, 5.41) is 5.49. The van der Waals surface area contributed by atoms with E-state index in [0.717, 1.165) is 11.1 Å². The van der Waals surface area contributed by atoms with Gasteiger partial charge in [-0.05, 0) is 37.6 Å². The molecule has 0 saturated heterocycles. The molecule has 2 aromatic rings. The van der Waals surface area contributed by atoms with Crippen molar-refractivity contribution >= 4 is 35.6 Å². The summed E-state index contributed by atoms with van der Waals surface area (Å²) in [6.07, 6.45) is -0.562. The third kappa shape index (κ3) is 5.84. The van der Waals surface area contributed by atoms with Crippen molar-refractivity contribution in [3.63, 3.8) is 0 Å². The predicted octanol–water partition coefficient (Wildman–Crippen LogP) is 3.03. The van der Waals surface area contributed by atoms with Gasteiger partial charge in [0, 0.05) is 18.5 Å². The van der Waals surface area contributed by atoms with E-state index >= 15 is 0 Å². The van der Waals surface area contributed by atoms with Gasteiger partial charge in [-0.1, -0.05) is 35.9 Å². The Morgan fingerprint density at radius 1 is 1.00 bits per heavy atom. The number of halogens is 1. The molecule has 26 heavy (non-hydrogen) atoms. The quantitative estimate of drug-likeness (QED) is 0.721. The zero-order chi connectivity index (χ0) is 18.4. The summed E-state index contributed by atoms with van der Waals surface area (Å²) in [6, 6.07) is 13.6. The number of aryl methyl sites for hydroxylation is 1. The van der Waals surface area contributed by atoms with Gasteiger partial charge in [-0.2, -0.15) is 0 Å². The van der Waals surface area contributed by atoms with Crippen LogP contribution in [-0.2, 0) is 14.3 Å². The molecule has 0 bridgehead atoms. The van der Waals surface area contributed by atoms with E-state index in [9.17, 15) is 9.59 Å². The molecule has 140 valence electrons. The Hall–Kier alpha value is -2.41. The largest absolute Gasteiger partial charge is 0.372 e. The number of nitrogens with two attached hydrogens (primary N) is 1. The van der Waals surface area contributed by atoms with Crippen molar-refractivity contribution in [1.82, 2.24) is 0 Å². The molecule has 4 N–H and O–H groups in total. The number of nitrogens with one attached hydrogen (secondary N) is 2. The third-order valence-electron chi connectivity index (χ3n) is 3.84. The molecule has 7 heteroatoms. The number of carbonyl (C=O) groups excluding carboxylic acids is 2. The number of carbonyl (C=O) groups is 2. The lowest BCUT2D eigenvalue weighted by Gasteiger charge is -2.14. The van der Waals surface area contributed by atoms with Crippen LogP contribution in [0.2, 0.25) is 0 Å². The maximum atomic E-state index is 12.3. The Morgan fingerprint density at radius 2 is 1.54 bits per heavy atom. The maximum absolute atomic E-state index is 12.3. The highest BCUT2D eigenvalue weighted by Gasteiger charge is 2.16. The van der Waals surface area contributed by atoms with Crippen LogP contribution in [0.3, 0.4) is 0 Å². The Kier molecular flexibility index (Phi) is 8.25. The van der Waals surface area contributed by atoms with Gasteiger partial charge in [0.15, 0.2) is 0 Å². The first-order valence-electron chi connectivity index (χ1n) is 7.97. The molecule has 0 aliphatic rings. The minimum absolute atomic E-state index is 0. The highest BCUT2D eigenvalue weighted by Crippen LogP contribution is 2.18. The standard InChI is InChI=1S/C19H23N3O3.ClH/c1-12-7-9-14(10-8-12)17(20)19(24)22-16-6-4-5-15(11-16)21-18(23)13(2)25-3;/h4-11,13,17H,20H2,1-3H3,(H,21,23)(H,22,24);1H. The molecule has 0 radical (unpaired) electrons. The second kappa shape index (κ2) is 9.91. The first-order chi connectivity index (χ1) is 11.9. The van der Waals surface area contributed by atoms with Gasteiger partial charge in [-0.25, -0.2) is 0 Å². The van der Waals surface area contributed by atoms with Crippen LogP contribution in [0.1, 0.15) is 24.1 Å². The zero-order valence-electron chi connectivity index (χ0n) is 15.0. The molecular formula is C19H24ClN3O3. The van der Waals surface area contributed by atoms with Crippen LogP contribution in [0.4, 0.5) is 11.4 Å². The van der Waals surface area contributed by atoms with Crippen LogP contribution in [0.15, 0.2) is 48.5 Å². The zero-order valence-corrected chi connectivity index (χ0v) is 15.8. The highest BCUT2D eigenvalue weighted by atomic mass is 35.5. The Balaban J connectivity index is 0.00000338. The summed E-state index contributed by atoms with van der Waals surface area (Å²) in [4.78, 5) is 24.2. The van der Waals surface area contributed by atoms with E-state index in [1.165, 1.54) is 7.11 Å². The number of anilines is 2. The second-order valence-corrected chi connectivity index (χ2v) is 5.83. The molecular weight excluding hydrogens is 354 g/mol. The Morgan fingerprint density at radius 3 is 2.08 bits per heavy atom. The topological polar surface area (TPSA) is 93.5 Å². The van der Waals surface area contributed by atoms with Crippen molar-refractivity contribution in [2.75, 3.05) is 17.7 Å². The summed E-state index contributed by atoms with van der Waals surface area (Å²) in [5.41, 5.74) is 8.97. The fourth-order valence-corrected chi connectivity index (χ4v) is 2.17. The van der Waals surface area contributed by atoms with Gasteiger partial charge in [0.2, 0.25) is 5.91 Å². The van der Waals surface area contributed by atoms with Crippen molar-refractivity contribution in [2.45, 2.75) is 26.0 Å². The van der Waals surface area contributed by atoms with Crippen LogP contribution >= 0.6 is 12.4 Å². The SMILES string of the molecule is COC(C)C(=O)Nc1cccc(NC(=O)C(N)c2ccc(C)cc2)c1.Cl. The van der Waals surface area contributed by atoms with E-state index < -0.39 is 12.1 Å². The minimum atomic E-state index is -0.771. The summed E-state index contributed by atoms with van der Waals surface area (Å²) < 4.78 is 4.97. The number of ether oxygens (including phenoxy) is 1. The fourth-order valence-electron chi connectivity index (χ4n) is 2.17. The van der Waals surface area contributed by atoms with Gasteiger partial charge in [-0.3, -0.25) is 9.59 Å². The number of hydrogen-bond acceptors (Lipinski definition) is 4. The molecule has 0 aliphatic carbocycles. The summed E-state index contributed by atoms with van der Waals surface area (Å²) in [6.45, 7) is 3.63. The number of benzene rings is 2. The van der Waals surface area contributed by atoms with Crippen LogP contribution in [0.25, 0.3) is 0 Å². The Bertz CT molecular complexity index is 750. The monoisotopic (exact) mass is 377 g/mol. The van der Waals surface area contributed by atoms with Gasteiger partial charge >= 0.3 is 0 Å². The lowest BCUT2D eigenvalue weighted by Crippen LogP contribution is -2.28. The lowest BCUT2D eigenvalue weighted by atomic mass is 10.1. The second-order valence-electron chi connectivity index (χ2n) is 5.83. The number of amides is 2. The van der Waals surface area contributed by atoms with Crippen molar-refractivity contribution in [1.29, 1.82) is 0 Å². The van der Waals surface area contributed by atoms with E-state index in [-0.39, 0.29) is 24.2 Å². The van der Waals surface area contributed by atoms with Crippen LogP contribution in [-0.4, -0.2) is 25.0 Å². The number of hydrogen-bond donors (Lipinski definition) is 3. The summed E-state index contributed by atoms with van der Waals surface area (Å²) in [7, 11) is 1.47. The van der Waals surface area contributed by atoms with E-state index in [1.807, 2.05) is 31.2 Å². The molecule has 2 atom stereocenters. The highest BCUT2D eigenvalue weighted by molar-refractivity contribution is 5.97. The van der Waals surface area contributed by atoms with Crippen molar-refractivity contribution in [3.8, 4) is 0 Å². The molecule has 2 amide bonds. The predicted molar refractivity (Wildman–Crippen MR) is 106 cm³/mol.